The highest BCUT2D eigenvalue weighted by atomic mass is 19.1. The topological polar surface area (TPSA) is 34.2 Å². The van der Waals surface area contributed by atoms with Crippen molar-refractivity contribution in [2.24, 2.45) is 0 Å². The van der Waals surface area contributed by atoms with Gasteiger partial charge in [0.15, 0.2) is 17.5 Å². The fourth-order valence-electron chi connectivity index (χ4n) is 1.66. The largest absolute Gasteiger partial charge is 0.436 e. The molecule has 3 nitrogen and oxygen atoms in total. The molecule has 5 heteroatoms. The van der Waals surface area contributed by atoms with E-state index in [1.54, 1.807) is 12.1 Å². The van der Waals surface area contributed by atoms with Gasteiger partial charge in [0.05, 0.1) is 0 Å². The molecule has 0 saturated heterocycles. The van der Waals surface area contributed by atoms with Crippen LogP contribution in [0.15, 0.2) is 30.3 Å². The molecule has 0 fully saturated rings. The molecule has 1 aromatic heterocycles. The summed E-state index contributed by atoms with van der Waals surface area (Å²) in [6.45, 7) is 4.34. The second kappa shape index (κ2) is 6.32. The van der Waals surface area contributed by atoms with E-state index in [0.717, 1.165) is 18.1 Å². The van der Waals surface area contributed by atoms with Gasteiger partial charge in [-0.15, -0.1) is 0 Å². The Hall–Kier alpha value is -2.17. The average molecular weight is 278 g/mol. The number of ether oxygens (including phenoxy) is 1. The van der Waals surface area contributed by atoms with E-state index < -0.39 is 11.6 Å². The molecule has 20 heavy (non-hydrogen) atoms. The second-order valence-corrected chi connectivity index (χ2v) is 4.40. The number of anilines is 1. The fraction of sp³-hybridized carbons (Fsp3) is 0.267. The van der Waals surface area contributed by atoms with Crippen LogP contribution in [0.2, 0.25) is 0 Å². The van der Waals surface area contributed by atoms with Crippen molar-refractivity contribution in [2.75, 3.05) is 11.9 Å². The van der Waals surface area contributed by atoms with Crippen LogP contribution in [0.3, 0.4) is 0 Å². The highest BCUT2D eigenvalue weighted by molar-refractivity contribution is 5.42. The van der Waals surface area contributed by atoms with Gasteiger partial charge in [0, 0.05) is 12.6 Å². The van der Waals surface area contributed by atoms with E-state index in [2.05, 4.69) is 10.3 Å². The van der Waals surface area contributed by atoms with Crippen LogP contribution < -0.4 is 10.1 Å². The van der Waals surface area contributed by atoms with E-state index in [-0.39, 0.29) is 11.7 Å². The molecule has 0 aliphatic carbocycles. The van der Waals surface area contributed by atoms with Gasteiger partial charge in [-0.25, -0.2) is 8.78 Å². The third-order valence-electron chi connectivity index (χ3n) is 2.74. The lowest BCUT2D eigenvalue weighted by Crippen LogP contribution is -2.06. The van der Waals surface area contributed by atoms with Gasteiger partial charge in [-0.1, -0.05) is 25.1 Å². The summed E-state index contributed by atoms with van der Waals surface area (Å²) in [5.41, 5.74) is 0.848. The lowest BCUT2D eigenvalue weighted by Gasteiger charge is -2.11. The summed E-state index contributed by atoms with van der Waals surface area (Å²) in [6, 6.07) is 7.95. The van der Waals surface area contributed by atoms with E-state index in [9.17, 15) is 8.78 Å². The summed E-state index contributed by atoms with van der Waals surface area (Å²) in [5.74, 6) is -1.30. The Labute approximate surface area is 116 Å². The number of aryl methyl sites for hydroxylation is 1. The Morgan fingerprint density at radius 1 is 1.20 bits per heavy atom. The first-order valence-electron chi connectivity index (χ1n) is 6.45. The number of rotatable bonds is 5. The lowest BCUT2D eigenvalue weighted by atomic mass is 10.2. The Morgan fingerprint density at radius 2 is 1.95 bits per heavy atom. The van der Waals surface area contributed by atoms with Crippen molar-refractivity contribution < 1.29 is 13.5 Å². The van der Waals surface area contributed by atoms with Gasteiger partial charge in [-0.2, -0.15) is 4.98 Å². The number of benzene rings is 1. The molecule has 0 amide bonds. The third-order valence-corrected chi connectivity index (χ3v) is 2.74. The highest BCUT2D eigenvalue weighted by Crippen LogP contribution is 2.27. The minimum atomic E-state index is -0.826. The van der Waals surface area contributed by atoms with Crippen LogP contribution in [0.5, 0.6) is 11.6 Å². The third kappa shape index (κ3) is 3.23. The zero-order valence-electron chi connectivity index (χ0n) is 11.4. The maximum atomic E-state index is 13.7. The molecule has 106 valence electrons. The van der Waals surface area contributed by atoms with Crippen LogP contribution in [0.1, 0.15) is 18.9 Å². The molecule has 2 aromatic rings. The normalized spacial score (nSPS) is 10.4. The second-order valence-electron chi connectivity index (χ2n) is 4.40. The Bertz CT molecular complexity index is 602. The summed E-state index contributed by atoms with van der Waals surface area (Å²) in [7, 11) is 0. The maximum absolute atomic E-state index is 13.7. The molecule has 1 N–H and O–H groups in total. The molecule has 0 aliphatic rings. The lowest BCUT2D eigenvalue weighted by molar-refractivity contribution is 0.415. The van der Waals surface area contributed by atoms with Crippen LogP contribution in [-0.2, 0) is 0 Å². The number of aromatic nitrogens is 1. The van der Waals surface area contributed by atoms with E-state index in [1.165, 1.54) is 0 Å². The SMILES string of the molecule is CCCNc1nc(Oc2ccccc2C)c(F)cc1F. The predicted octanol–water partition coefficient (Wildman–Crippen LogP) is 4.28. The number of nitrogens with zero attached hydrogens (tertiary/aromatic N) is 1. The predicted molar refractivity (Wildman–Crippen MR) is 74.2 cm³/mol. The number of pyridine rings is 1. The van der Waals surface area contributed by atoms with Crippen LogP contribution >= 0.6 is 0 Å². The van der Waals surface area contributed by atoms with Crippen molar-refractivity contribution in [1.82, 2.24) is 4.98 Å². The molecular weight excluding hydrogens is 262 g/mol. The van der Waals surface area contributed by atoms with E-state index in [4.69, 9.17) is 4.74 Å². The molecule has 0 unspecified atom stereocenters. The first-order chi connectivity index (χ1) is 9.61. The first kappa shape index (κ1) is 14.2. The Kier molecular flexibility index (Phi) is 4.50. The summed E-state index contributed by atoms with van der Waals surface area (Å²) >= 11 is 0. The van der Waals surface area contributed by atoms with Crippen molar-refractivity contribution in [3.05, 3.63) is 47.5 Å². The van der Waals surface area contributed by atoms with E-state index in [1.807, 2.05) is 26.0 Å². The Balaban J connectivity index is 2.29. The standard InChI is InChI=1S/C15H16F2N2O/c1-3-8-18-14-11(16)9-12(17)15(19-14)20-13-7-5-4-6-10(13)2/h4-7,9H,3,8H2,1-2H3,(H,18,19). The zero-order valence-corrected chi connectivity index (χ0v) is 11.4. The quantitative estimate of drug-likeness (QED) is 0.886. The van der Waals surface area contributed by atoms with Gasteiger partial charge in [0.2, 0.25) is 0 Å². The molecule has 2 rings (SSSR count). The summed E-state index contributed by atoms with van der Waals surface area (Å²) < 4.78 is 32.7. The van der Waals surface area contributed by atoms with Gasteiger partial charge in [-0.3, -0.25) is 0 Å². The van der Waals surface area contributed by atoms with Crippen molar-refractivity contribution in [1.29, 1.82) is 0 Å². The number of para-hydroxylation sites is 1. The maximum Gasteiger partial charge on any atom is 0.258 e. The zero-order chi connectivity index (χ0) is 14.5. The number of hydrogen-bond acceptors (Lipinski definition) is 3. The summed E-state index contributed by atoms with van der Waals surface area (Å²) in [4.78, 5) is 3.86. The van der Waals surface area contributed by atoms with Gasteiger partial charge < -0.3 is 10.1 Å². The van der Waals surface area contributed by atoms with Crippen LogP contribution in [0, 0.1) is 18.6 Å². The van der Waals surface area contributed by atoms with E-state index >= 15 is 0 Å². The van der Waals surface area contributed by atoms with Gasteiger partial charge in [0.1, 0.15) is 5.75 Å². The van der Waals surface area contributed by atoms with Crippen molar-refractivity contribution in [3.8, 4) is 11.6 Å². The summed E-state index contributed by atoms with van der Waals surface area (Å²) in [5, 5.41) is 2.80. The molecule has 0 atom stereocenters. The van der Waals surface area contributed by atoms with E-state index in [0.29, 0.717) is 12.3 Å². The number of halogens is 2. The van der Waals surface area contributed by atoms with Crippen LogP contribution in [0.25, 0.3) is 0 Å². The van der Waals surface area contributed by atoms with Crippen LogP contribution in [-0.4, -0.2) is 11.5 Å². The first-order valence-corrected chi connectivity index (χ1v) is 6.45. The molecule has 0 saturated carbocycles. The molecule has 0 bridgehead atoms. The smallest absolute Gasteiger partial charge is 0.258 e. The minimum Gasteiger partial charge on any atom is -0.436 e. The van der Waals surface area contributed by atoms with Gasteiger partial charge in [-0.05, 0) is 25.0 Å². The van der Waals surface area contributed by atoms with Gasteiger partial charge >= 0.3 is 0 Å². The molecular formula is C15H16F2N2O. The van der Waals surface area contributed by atoms with Crippen LogP contribution in [0.4, 0.5) is 14.6 Å². The minimum absolute atomic E-state index is 0.00293. The molecule has 0 aliphatic heterocycles. The van der Waals surface area contributed by atoms with Crippen molar-refractivity contribution in [3.63, 3.8) is 0 Å². The monoisotopic (exact) mass is 278 g/mol. The van der Waals surface area contributed by atoms with Gasteiger partial charge in [0.25, 0.3) is 5.88 Å². The molecule has 1 heterocycles. The summed E-state index contributed by atoms with van der Waals surface area (Å²) in [6.07, 6.45) is 0.812. The average Bonchev–Trinajstić information content (AvgIpc) is 2.43. The number of nitrogens with one attached hydrogen (secondary N) is 1. The van der Waals surface area contributed by atoms with Crippen molar-refractivity contribution >= 4 is 5.82 Å². The van der Waals surface area contributed by atoms with Crippen molar-refractivity contribution in [2.45, 2.75) is 20.3 Å². The molecule has 0 radical (unpaired) electrons. The molecule has 1 aromatic carbocycles. The Morgan fingerprint density at radius 3 is 2.65 bits per heavy atom. The fourth-order valence-corrected chi connectivity index (χ4v) is 1.66. The highest BCUT2D eigenvalue weighted by Gasteiger charge is 2.14. The number of hydrogen-bond donors (Lipinski definition) is 1. The molecule has 0 spiro atoms.